The van der Waals surface area contributed by atoms with Crippen molar-refractivity contribution in [2.45, 2.75) is 51.6 Å². The summed E-state index contributed by atoms with van der Waals surface area (Å²) in [5, 5.41) is 18.2. The number of aryl methyl sites for hydroxylation is 2. The van der Waals surface area contributed by atoms with Crippen molar-refractivity contribution in [3.8, 4) is 6.07 Å². The van der Waals surface area contributed by atoms with Crippen LogP contribution in [0.4, 0.5) is 0 Å². The number of nitriles is 1. The number of hydrogen-bond acceptors (Lipinski definition) is 4. The first-order valence-corrected chi connectivity index (χ1v) is 9.37. The van der Waals surface area contributed by atoms with E-state index >= 15 is 0 Å². The average molecular weight is 349 g/mol. The molecule has 0 atom stereocenters. The van der Waals surface area contributed by atoms with Crippen molar-refractivity contribution < 1.29 is 4.79 Å². The molecule has 1 aromatic heterocycles. The summed E-state index contributed by atoms with van der Waals surface area (Å²) in [5.41, 5.74) is 0.480. The second-order valence-corrected chi connectivity index (χ2v) is 7.30. The third-order valence-electron chi connectivity index (χ3n) is 5.68. The van der Waals surface area contributed by atoms with Gasteiger partial charge in [-0.05, 0) is 24.8 Å². The normalized spacial score (nSPS) is 18.3. The second kappa shape index (κ2) is 6.91. The molecule has 1 saturated carbocycles. The summed E-state index contributed by atoms with van der Waals surface area (Å²) in [6.45, 7) is 1.80. The van der Waals surface area contributed by atoms with Gasteiger partial charge < -0.3 is 9.47 Å². The van der Waals surface area contributed by atoms with Crippen LogP contribution >= 0.6 is 0 Å². The van der Waals surface area contributed by atoms with Gasteiger partial charge in [0.2, 0.25) is 5.91 Å². The minimum atomic E-state index is -0.807. The largest absolute Gasteiger partial charge is 0.332 e. The van der Waals surface area contributed by atoms with E-state index in [1.165, 1.54) is 5.56 Å². The van der Waals surface area contributed by atoms with Crippen molar-refractivity contribution in [2.24, 2.45) is 5.41 Å². The molecule has 1 aliphatic carbocycles. The zero-order chi connectivity index (χ0) is 18.0. The summed E-state index contributed by atoms with van der Waals surface area (Å²) in [6.07, 6.45) is 5.08. The summed E-state index contributed by atoms with van der Waals surface area (Å²) >= 11 is 0. The molecular weight excluding hydrogens is 326 g/mol. The van der Waals surface area contributed by atoms with Crippen LogP contribution in [0.25, 0.3) is 0 Å². The Morgan fingerprint density at radius 3 is 2.62 bits per heavy atom. The van der Waals surface area contributed by atoms with Crippen molar-refractivity contribution in [2.75, 3.05) is 6.54 Å². The van der Waals surface area contributed by atoms with E-state index in [1.807, 2.05) is 18.2 Å². The fourth-order valence-electron chi connectivity index (χ4n) is 4.13. The molecule has 1 aliphatic heterocycles. The standard InChI is InChI=1S/C20H23N5O/c21-15-20(10-4-5-11-20)19(26)24-12-13-25-17(22-23-18(25)14-24)9-8-16-6-2-1-3-7-16/h1-3,6-7H,4-5,8-14H2. The number of hydrogen-bond donors (Lipinski definition) is 0. The van der Waals surface area contributed by atoms with Crippen LogP contribution in [-0.2, 0) is 30.7 Å². The summed E-state index contributed by atoms with van der Waals surface area (Å²) < 4.78 is 2.14. The van der Waals surface area contributed by atoms with E-state index in [0.29, 0.717) is 32.5 Å². The predicted molar refractivity (Wildman–Crippen MR) is 95.8 cm³/mol. The summed E-state index contributed by atoms with van der Waals surface area (Å²) in [6, 6.07) is 12.7. The molecule has 0 spiro atoms. The SMILES string of the molecule is N#CC1(C(=O)N2CCn3c(CCc4ccccc4)nnc3C2)CCCC1. The van der Waals surface area contributed by atoms with Gasteiger partial charge in [0.25, 0.3) is 0 Å². The van der Waals surface area contributed by atoms with E-state index < -0.39 is 5.41 Å². The maximum Gasteiger partial charge on any atom is 0.243 e. The maximum absolute atomic E-state index is 12.9. The molecule has 6 nitrogen and oxygen atoms in total. The predicted octanol–water partition coefficient (Wildman–Crippen LogP) is 2.49. The van der Waals surface area contributed by atoms with Gasteiger partial charge >= 0.3 is 0 Å². The van der Waals surface area contributed by atoms with Crippen LogP contribution in [0.15, 0.2) is 30.3 Å². The smallest absolute Gasteiger partial charge is 0.243 e. The van der Waals surface area contributed by atoms with Gasteiger partial charge in [-0.1, -0.05) is 43.2 Å². The van der Waals surface area contributed by atoms with Gasteiger partial charge in [0, 0.05) is 19.5 Å². The minimum Gasteiger partial charge on any atom is -0.332 e. The van der Waals surface area contributed by atoms with Gasteiger partial charge in [-0.25, -0.2) is 0 Å². The average Bonchev–Trinajstić information content (AvgIpc) is 3.34. The quantitative estimate of drug-likeness (QED) is 0.850. The molecule has 0 unspecified atom stereocenters. The highest BCUT2D eigenvalue weighted by atomic mass is 16.2. The van der Waals surface area contributed by atoms with Gasteiger partial charge in [0.05, 0.1) is 12.6 Å². The molecule has 1 fully saturated rings. The Morgan fingerprint density at radius 1 is 1.12 bits per heavy atom. The summed E-state index contributed by atoms with van der Waals surface area (Å²) in [7, 11) is 0. The van der Waals surface area contributed by atoms with E-state index in [4.69, 9.17) is 0 Å². The van der Waals surface area contributed by atoms with E-state index in [0.717, 1.165) is 37.3 Å². The molecular formula is C20H23N5O. The van der Waals surface area contributed by atoms with Crippen LogP contribution in [0, 0.1) is 16.7 Å². The van der Waals surface area contributed by atoms with Crippen molar-refractivity contribution in [3.63, 3.8) is 0 Å². The van der Waals surface area contributed by atoms with Crippen LogP contribution in [0.5, 0.6) is 0 Å². The Kier molecular flexibility index (Phi) is 4.46. The number of rotatable bonds is 4. The number of amides is 1. The number of benzene rings is 1. The molecule has 1 aromatic carbocycles. The monoisotopic (exact) mass is 349 g/mol. The van der Waals surface area contributed by atoms with E-state index in [1.54, 1.807) is 4.90 Å². The molecule has 0 saturated heterocycles. The minimum absolute atomic E-state index is 0.0161. The van der Waals surface area contributed by atoms with Crippen LogP contribution < -0.4 is 0 Å². The maximum atomic E-state index is 12.9. The fourth-order valence-corrected chi connectivity index (χ4v) is 4.13. The third kappa shape index (κ3) is 2.98. The third-order valence-corrected chi connectivity index (χ3v) is 5.68. The zero-order valence-electron chi connectivity index (χ0n) is 14.9. The molecule has 2 heterocycles. The molecule has 0 radical (unpaired) electrons. The van der Waals surface area contributed by atoms with Crippen molar-refractivity contribution in [3.05, 3.63) is 47.5 Å². The lowest BCUT2D eigenvalue weighted by atomic mass is 9.86. The second-order valence-electron chi connectivity index (χ2n) is 7.30. The number of fused-ring (bicyclic) bond motifs is 1. The topological polar surface area (TPSA) is 74.8 Å². The highest BCUT2D eigenvalue weighted by Crippen LogP contribution is 2.39. The molecule has 6 heteroatoms. The fraction of sp³-hybridized carbons (Fsp3) is 0.500. The van der Waals surface area contributed by atoms with E-state index in [-0.39, 0.29) is 5.91 Å². The first kappa shape index (κ1) is 16.8. The molecule has 1 amide bonds. The van der Waals surface area contributed by atoms with Crippen LogP contribution in [0.2, 0.25) is 0 Å². The number of carbonyl (C=O) groups excluding carboxylic acids is 1. The Hall–Kier alpha value is -2.68. The Balaban J connectivity index is 1.45. The molecule has 26 heavy (non-hydrogen) atoms. The number of carbonyl (C=O) groups is 1. The van der Waals surface area contributed by atoms with Gasteiger partial charge in [0.15, 0.2) is 5.82 Å². The van der Waals surface area contributed by atoms with Crippen molar-refractivity contribution in [1.29, 1.82) is 5.26 Å². The highest BCUT2D eigenvalue weighted by Gasteiger charge is 2.44. The molecule has 4 rings (SSSR count). The lowest BCUT2D eigenvalue weighted by Gasteiger charge is -2.32. The van der Waals surface area contributed by atoms with Crippen molar-refractivity contribution >= 4 is 5.91 Å². The van der Waals surface area contributed by atoms with Crippen molar-refractivity contribution in [1.82, 2.24) is 19.7 Å². The van der Waals surface area contributed by atoms with Crippen LogP contribution in [-0.4, -0.2) is 32.1 Å². The van der Waals surface area contributed by atoms with Gasteiger partial charge in [0.1, 0.15) is 11.2 Å². The van der Waals surface area contributed by atoms with Gasteiger partial charge in [-0.3, -0.25) is 4.79 Å². The van der Waals surface area contributed by atoms with E-state index in [2.05, 4.69) is 33.0 Å². The lowest BCUT2D eigenvalue weighted by molar-refractivity contribution is -0.140. The Bertz CT molecular complexity index is 830. The van der Waals surface area contributed by atoms with E-state index in [9.17, 15) is 10.1 Å². The van der Waals surface area contributed by atoms with Gasteiger partial charge in [-0.2, -0.15) is 5.26 Å². The molecule has 0 N–H and O–H groups in total. The lowest BCUT2D eigenvalue weighted by Crippen LogP contribution is -2.45. The molecule has 0 bridgehead atoms. The Labute approximate surface area is 153 Å². The zero-order valence-corrected chi connectivity index (χ0v) is 14.9. The number of nitrogens with zero attached hydrogens (tertiary/aromatic N) is 5. The first-order chi connectivity index (χ1) is 12.7. The molecule has 2 aromatic rings. The summed E-state index contributed by atoms with van der Waals surface area (Å²) in [4.78, 5) is 14.7. The highest BCUT2D eigenvalue weighted by molar-refractivity contribution is 5.85. The first-order valence-electron chi connectivity index (χ1n) is 9.37. The number of aromatic nitrogens is 3. The Morgan fingerprint density at radius 2 is 1.88 bits per heavy atom. The molecule has 2 aliphatic rings. The van der Waals surface area contributed by atoms with Crippen LogP contribution in [0.1, 0.15) is 42.9 Å². The van der Waals surface area contributed by atoms with Crippen LogP contribution in [0.3, 0.4) is 0 Å². The molecule has 134 valence electrons. The summed E-state index contributed by atoms with van der Waals surface area (Å²) in [5.74, 6) is 1.79. The van der Waals surface area contributed by atoms with Gasteiger partial charge in [-0.15, -0.1) is 10.2 Å².